The number of carbonyl (C=O) groups is 2. The van der Waals surface area contributed by atoms with Crippen molar-refractivity contribution in [2.75, 3.05) is 39.5 Å². The third-order valence-corrected chi connectivity index (χ3v) is 2.61. The summed E-state index contributed by atoms with van der Waals surface area (Å²) in [6.45, 7) is 5.11. The first kappa shape index (κ1) is 14.1. The van der Waals surface area contributed by atoms with Gasteiger partial charge in [0.25, 0.3) is 0 Å². The lowest BCUT2D eigenvalue weighted by Crippen LogP contribution is -2.38. The van der Waals surface area contributed by atoms with E-state index in [1.807, 2.05) is 11.8 Å². The summed E-state index contributed by atoms with van der Waals surface area (Å²) in [6, 6.07) is 0. The molecule has 1 aliphatic rings. The lowest BCUT2D eigenvalue weighted by atomic mass is 10.1. The number of carbonyl (C=O) groups excluding carboxylic acids is 2. The van der Waals surface area contributed by atoms with Crippen molar-refractivity contribution in [3.63, 3.8) is 0 Å². The van der Waals surface area contributed by atoms with Crippen LogP contribution < -0.4 is 0 Å². The number of nitrogens with zero attached hydrogens (tertiary/aromatic N) is 1. The van der Waals surface area contributed by atoms with Gasteiger partial charge in [-0.25, -0.2) is 0 Å². The Morgan fingerprint density at radius 3 is 2.59 bits per heavy atom. The van der Waals surface area contributed by atoms with Crippen LogP contribution in [0.25, 0.3) is 0 Å². The third kappa shape index (κ3) is 6.38. The molecule has 1 saturated heterocycles. The summed E-state index contributed by atoms with van der Waals surface area (Å²) in [4.78, 5) is 24.4. The molecule has 1 rings (SSSR count). The molecule has 17 heavy (non-hydrogen) atoms. The molecule has 1 heterocycles. The smallest absolute Gasteiger partial charge is 0.320 e. The average molecular weight is 243 g/mol. The summed E-state index contributed by atoms with van der Waals surface area (Å²) in [6.07, 6.45) is 2.07. The second kappa shape index (κ2) is 8.20. The van der Waals surface area contributed by atoms with Gasteiger partial charge < -0.3 is 9.47 Å². The molecule has 1 fully saturated rings. The van der Waals surface area contributed by atoms with Gasteiger partial charge in [0, 0.05) is 32.5 Å². The fourth-order valence-corrected chi connectivity index (χ4v) is 1.65. The van der Waals surface area contributed by atoms with Gasteiger partial charge in [0.15, 0.2) is 0 Å². The Bertz CT molecular complexity index is 245. The van der Waals surface area contributed by atoms with Crippen molar-refractivity contribution < 1.29 is 19.1 Å². The Labute approximate surface area is 102 Å². The van der Waals surface area contributed by atoms with Crippen LogP contribution in [0.4, 0.5) is 0 Å². The summed E-state index contributed by atoms with van der Waals surface area (Å²) in [5.74, 6) is 0.0435. The Kier molecular flexibility index (Phi) is 6.81. The van der Waals surface area contributed by atoms with Crippen LogP contribution in [0.2, 0.25) is 0 Å². The van der Waals surface area contributed by atoms with Gasteiger partial charge in [-0.3, -0.25) is 14.5 Å². The zero-order valence-corrected chi connectivity index (χ0v) is 10.4. The second-order valence-electron chi connectivity index (χ2n) is 4.15. The lowest BCUT2D eigenvalue weighted by molar-refractivity contribution is -0.147. The number of ketones is 1. The number of rotatable bonds is 7. The fourth-order valence-electron chi connectivity index (χ4n) is 1.65. The maximum atomic E-state index is 11.4. The summed E-state index contributed by atoms with van der Waals surface area (Å²) in [5, 5.41) is 0. The van der Waals surface area contributed by atoms with E-state index in [4.69, 9.17) is 9.47 Å². The lowest BCUT2D eigenvalue weighted by Gasteiger charge is -2.24. The minimum Gasteiger partial charge on any atom is -0.462 e. The predicted molar refractivity (Wildman–Crippen MR) is 62.8 cm³/mol. The normalized spacial score (nSPS) is 17.1. The van der Waals surface area contributed by atoms with E-state index in [9.17, 15) is 9.59 Å². The number of hydrogen-bond acceptors (Lipinski definition) is 5. The SMILES string of the molecule is CCCOCCOC(=O)CN1CCC(=O)CC1. The van der Waals surface area contributed by atoms with Crippen molar-refractivity contribution in [3.8, 4) is 0 Å². The van der Waals surface area contributed by atoms with Gasteiger partial charge in [0.2, 0.25) is 0 Å². The Morgan fingerprint density at radius 2 is 1.94 bits per heavy atom. The van der Waals surface area contributed by atoms with Gasteiger partial charge in [0.1, 0.15) is 12.4 Å². The van der Waals surface area contributed by atoms with Crippen molar-refractivity contribution in [1.29, 1.82) is 0 Å². The van der Waals surface area contributed by atoms with Gasteiger partial charge >= 0.3 is 5.97 Å². The predicted octanol–water partition coefficient (Wildman–Crippen LogP) is 0.621. The van der Waals surface area contributed by atoms with E-state index in [1.54, 1.807) is 0 Å². The number of Topliss-reactive ketones (excluding diaryl/α,β-unsaturated/α-hetero) is 1. The van der Waals surface area contributed by atoms with Gasteiger partial charge in [-0.05, 0) is 6.42 Å². The average Bonchev–Trinajstić information content (AvgIpc) is 2.32. The third-order valence-electron chi connectivity index (χ3n) is 2.61. The van der Waals surface area contributed by atoms with E-state index in [1.165, 1.54) is 0 Å². The largest absolute Gasteiger partial charge is 0.462 e. The topological polar surface area (TPSA) is 55.8 Å². The molecule has 0 aromatic carbocycles. The van der Waals surface area contributed by atoms with E-state index >= 15 is 0 Å². The Hall–Kier alpha value is -0.940. The molecule has 0 aromatic rings. The second-order valence-corrected chi connectivity index (χ2v) is 4.15. The monoisotopic (exact) mass is 243 g/mol. The van der Waals surface area contributed by atoms with Gasteiger partial charge in [-0.2, -0.15) is 0 Å². The van der Waals surface area contributed by atoms with Crippen molar-refractivity contribution in [2.45, 2.75) is 26.2 Å². The molecule has 0 N–H and O–H groups in total. The highest BCUT2D eigenvalue weighted by atomic mass is 16.6. The van der Waals surface area contributed by atoms with E-state index in [-0.39, 0.29) is 18.3 Å². The van der Waals surface area contributed by atoms with Crippen LogP contribution in [0.1, 0.15) is 26.2 Å². The molecule has 0 saturated carbocycles. The van der Waals surface area contributed by atoms with E-state index in [2.05, 4.69) is 0 Å². The first-order chi connectivity index (χ1) is 8.22. The van der Waals surface area contributed by atoms with Crippen LogP contribution in [-0.2, 0) is 19.1 Å². The molecule has 0 atom stereocenters. The number of piperidine rings is 1. The number of hydrogen-bond donors (Lipinski definition) is 0. The molecule has 0 bridgehead atoms. The van der Waals surface area contributed by atoms with Gasteiger partial charge in [-0.1, -0.05) is 6.92 Å². The summed E-state index contributed by atoms with van der Waals surface area (Å²) in [5.41, 5.74) is 0. The van der Waals surface area contributed by atoms with E-state index in [0.29, 0.717) is 45.8 Å². The van der Waals surface area contributed by atoms with Gasteiger partial charge in [-0.15, -0.1) is 0 Å². The molecule has 98 valence electrons. The minimum atomic E-state index is -0.237. The molecule has 5 heteroatoms. The standard InChI is InChI=1S/C12H21NO4/c1-2-7-16-8-9-17-12(15)10-13-5-3-11(14)4-6-13/h2-10H2,1H3. The Balaban J connectivity index is 2.02. The maximum Gasteiger partial charge on any atom is 0.320 e. The Morgan fingerprint density at radius 1 is 1.24 bits per heavy atom. The summed E-state index contributed by atoms with van der Waals surface area (Å²) >= 11 is 0. The first-order valence-electron chi connectivity index (χ1n) is 6.19. The quantitative estimate of drug-likeness (QED) is 0.484. The fraction of sp³-hybridized carbons (Fsp3) is 0.833. The molecule has 0 spiro atoms. The van der Waals surface area contributed by atoms with E-state index in [0.717, 1.165) is 6.42 Å². The highest BCUT2D eigenvalue weighted by Gasteiger charge is 2.18. The number of ether oxygens (including phenoxy) is 2. The van der Waals surface area contributed by atoms with Crippen LogP contribution >= 0.6 is 0 Å². The van der Waals surface area contributed by atoms with Crippen LogP contribution in [0, 0.1) is 0 Å². The number of esters is 1. The zero-order chi connectivity index (χ0) is 12.5. The van der Waals surface area contributed by atoms with Crippen LogP contribution in [0.15, 0.2) is 0 Å². The summed E-state index contributed by atoms with van der Waals surface area (Å²) in [7, 11) is 0. The number of likely N-dealkylation sites (tertiary alicyclic amines) is 1. The van der Waals surface area contributed by atoms with Crippen molar-refractivity contribution in [2.24, 2.45) is 0 Å². The molecule has 0 radical (unpaired) electrons. The molecule has 5 nitrogen and oxygen atoms in total. The van der Waals surface area contributed by atoms with E-state index < -0.39 is 0 Å². The highest BCUT2D eigenvalue weighted by Crippen LogP contribution is 2.05. The molecular weight excluding hydrogens is 222 g/mol. The van der Waals surface area contributed by atoms with Gasteiger partial charge in [0.05, 0.1) is 13.2 Å². The van der Waals surface area contributed by atoms with Crippen molar-refractivity contribution in [3.05, 3.63) is 0 Å². The zero-order valence-electron chi connectivity index (χ0n) is 10.4. The molecular formula is C12H21NO4. The highest BCUT2D eigenvalue weighted by molar-refractivity contribution is 5.80. The molecule has 0 aliphatic carbocycles. The first-order valence-corrected chi connectivity index (χ1v) is 6.19. The van der Waals surface area contributed by atoms with Crippen LogP contribution in [0.3, 0.4) is 0 Å². The molecule has 1 aliphatic heterocycles. The molecule has 0 unspecified atom stereocenters. The van der Waals surface area contributed by atoms with Crippen LogP contribution in [0.5, 0.6) is 0 Å². The molecule has 0 amide bonds. The minimum absolute atomic E-state index is 0.237. The van der Waals surface area contributed by atoms with Crippen LogP contribution in [-0.4, -0.2) is 56.1 Å². The summed E-state index contributed by atoms with van der Waals surface area (Å²) < 4.78 is 10.2. The van der Waals surface area contributed by atoms with Crippen molar-refractivity contribution in [1.82, 2.24) is 4.90 Å². The maximum absolute atomic E-state index is 11.4. The molecule has 0 aromatic heterocycles. The van der Waals surface area contributed by atoms with Crippen molar-refractivity contribution >= 4 is 11.8 Å².